The van der Waals surface area contributed by atoms with Crippen LogP contribution in [0.3, 0.4) is 0 Å². The summed E-state index contributed by atoms with van der Waals surface area (Å²) in [6.45, 7) is 6.59. The number of unbranched alkanes of at least 4 members (excludes halogenated alkanes) is 27. The van der Waals surface area contributed by atoms with Crippen molar-refractivity contribution in [1.82, 2.24) is 0 Å². The van der Waals surface area contributed by atoms with Crippen LogP contribution in [0.4, 0.5) is 0 Å². The van der Waals surface area contributed by atoms with Crippen molar-refractivity contribution >= 4 is 17.9 Å². The fourth-order valence-corrected chi connectivity index (χ4v) is 6.38. The summed E-state index contributed by atoms with van der Waals surface area (Å²) in [5, 5.41) is 0. The summed E-state index contributed by atoms with van der Waals surface area (Å²) in [4.78, 5) is 37.6. The van der Waals surface area contributed by atoms with E-state index in [2.05, 4.69) is 32.9 Å². The van der Waals surface area contributed by atoms with Crippen LogP contribution in [-0.4, -0.2) is 37.2 Å². The molecule has 0 radical (unpaired) electrons. The first-order valence-electron chi connectivity index (χ1n) is 22.2. The van der Waals surface area contributed by atoms with Crippen molar-refractivity contribution in [3.63, 3.8) is 0 Å². The van der Waals surface area contributed by atoms with Crippen molar-refractivity contribution in [3.8, 4) is 0 Å². The Bertz CT molecular complexity index is 794. The molecule has 0 N–H and O–H groups in total. The van der Waals surface area contributed by atoms with Crippen LogP contribution in [0.25, 0.3) is 0 Å². The standard InChI is InChI=1S/C45H84O6/c1-4-7-10-13-16-19-22-24-26-29-32-35-38-44(47)50-41-42(40-49-43(46)37-34-31-28-25-21-18-15-12-9-6-3)51-45(48)39-36-33-30-27-23-20-17-14-11-8-5-2/h16,19,42H,4-15,17-18,20-41H2,1-3H3/b19-16-/t42-/m1/s1. The van der Waals surface area contributed by atoms with Gasteiger partial charge in [0, 0.05) is 19.3 Å². The maximum absolute atomic E-state index is 12.7. The zero-order valence-corrected chi connectivity index (χ0v) is 34.1. The molecule has 51 heavy (non-hydrogen) atoms. The molecule has 0 aliphatic rings. The van der Waals surface area contributed by atoms with E-state index in [1.54, 1.807) is 0 Å². The number of carbonyl (C=O) groups is 3. The lowest BCUT2D eigenvalue weighted by molar-refractivity contribution is -0.167. The molecule has 0 amide bonds. The maximum atomic E-state index is 12.7. The van der Waals surface area contributed by atoms with E-state index < -0.39 is 6.10 Å². The summed E-state index contributed by atoms with van der Waals surface area (Å²) in [5.41, 5.74) is 0. The van der Waals surface area contributed by atoms with E-state index in [1.807, 2.05) is 0 Å². The maximum Gasteiger partial charge on any atom is 0.306 e. The van der Waals surface area contributed by atoms with Gasteiger partial charge in [0.1, 0.15) is 13.2 Å². The van der Waals surface area contributed by atoms with Gasteiger partial charge in [-0.25, -0.2) is 0 Å². The lowest BCUT2D eigenvalue weighted by Gasteiger charge is -2.18. The number of allylic oxidation sites excluding steroid dienone is 2. The van der Waals surface area contributed by atoms with Gasteiger partial charge >= 0.3 is 17.9 Å². The highest BCUT2D eigenvalue weighted by molar-refractivity contribution is 5.71. The lowest BCUT2D eigenvalue weighted by atomic mass is 10.1. The van der Waals surface area contributed by atoms with Gasteiger partial charge in [-0.3, -0.25) is 14.4 Å². The van der Waals surface area contributed by atoms with Gasteiger partial charge in [0.2, 0.25) is 0 Å². The quantitative estimate of drug-likeness (QED) is 0.0271. The smallest absolute Gasteiger partial charge is 0.306 e. The van der Waals surface area contributed by atoms with Gasteiger partial charge in [-0.15, -0.1) is 0 Å². The largest absolute Gasteiger partial charge is 0.462 e. The molecule has 0 saturated carbocycles. The summed E-state index contributed by atoms with van der Waals surface area (Å²) < 4.78 is 16.7. The Kier molecular flexibility index (Phi) is 39.4. The van der Waals surface area contributed by atoms with Crippen LogP contribution < -0.4 is 0 Å². The second-order valence-corrected chi connectivity index (χ2v) is 15.0. The molecule has 0 fully saturated rings. The van der Waals surface area contributed by atoms with Crippen LogP contribution in [0, 0.1) is 0 Å². The predicted octanol–water partition coefficient (Wildman–Crippen LogP) is 13.9. The zero-order valence-electron chi connectivity index (χ0n) is 34.1. The first-order chi connectivity index (χ1) is 25.0. The Morgan fingerprint density at radius 1 is 0.373 bits per heavy atom. The molecule has 0 aliphatic heterocycles. The van der Waals surface area contributed by atoms with Crippen LogP contribution in [0.2, 0.25) is 0 Å². The molecule has 0 aliphatic carbocycles. The second-order valence-electron chi connectivity index (χ2n) is 15.0. The third-order valence-electron chi connectivity index (χ3n) is 9.77. The molecule has 300 valence electrons. The van der Waals surface area contributed by atoms with E-state index >= 15 is 0 Å². The minimum Gasteiger partial charge on any atom is -0.462 e. The number of esters is 3. The van der Waals surface area contributed by atoms with E-state index in [4.69, 9.17) is 14.2 Å². The first kappa shape index (κ1) is 49.1. The van der Waals surface area contributed by atoms with Gasteiger partial charge in [0.15, 0.2) is 6.10 Å². The summed E-state index contributed by atoms with van der Waals surface area (Å²) in [7, 11) is 0. The van der Waals surface area contributed by atoms with E-state index in [9.17, 15) is 14.4 Å². The number of ether oxygens (including phenoxy) is 3. The fraction of sp³-hybridized carbons (Fsp3) is 0.889. The van der Waals surface area contributed by atoms with E-state index in [1.165, 1.54) is 135 Å². The van der Waals surface area contributed by atoms with Crippen molar-refractivity contribution < 1.29 is 28.6 Å². The van der Waals surface area contributed by atoms with Crippen molar-refractivity contribution in [1.29, 1.82) is 0 Å². The van der Waals surface area contributed by atoms with Gasteiger partial charge in [0.25, 0.3) is 0 Å². The highest BCUT2D eigenvalue weighted by Gasteiger charge is 2.19. The molecule has 1 atom stereocenters. The Morgan fingerprint density at radius 2 is 0.647 bits per heavy atom. The highest BCUT2D eigenvalue weighted by Crippen LogP contribution is 2.15. The fourth-order valence-electron chi connectivity index (χ4n) is 6.38. The highest BCUT2D eigenvalue weighted by atomic mass is 16.6. The average Bonchev–Trinajstić information content (AvgIpc) is 3.12. The molecule has 0 bridgehead atoms. The molecular weight excluding hydrogens is 636 g/mol. The van der Waals surface area contributed by atoms with Crippen molar-refractivity contribution in [2.45, 2.75) is 245 Å². The molecule has 6 heteroatoms. The third kappa shape index (κ3) is 39.2. The van der Waals surface area contributed by atoms with Crippen LogP contribution in [0.5, 0.6) is 0 Å². The summed E-state index contributed by atoms with van der Waals surface area (Å²) >= 11 is 0. The van der Waals surface area contributed by atoms with Crippen molar-refractivity contribution in [2.24, 2.45) is 0 Å². The number of hydrogen-bond acceptors (Lipinski definition) is 6. The molecule has 0 aromatic carbocycles. The summed E-state index contributed by atoms with van der Waals surface area (Å²) in [6, 6.07) is 0. The normalized spacial score (nSPS) is 12.0. The van der Waals surface area contributed by atoms with Crippen LogP contribution in [-0.2, 0) is 28.6 Å². The Hall–Kier alpha value is -1.85. The summed E-state index contributed by atoms with van der Waals surface area (Å²) in [6.07, 6.45) is 41.9. The molecular formula is C45H84O6. The molecule has 0 aromatic rings. The Labute approximate surface area is 316 Å². The van der Waals surface area contributed by atoms with Crippen molar-refractivity contribution in [3.05, 3.63) is 12.2 Å². The molecule has 0 rings (SSSR count). The SMILES string of the molecule is CCCCC/C=C\CCCCCCCC(=O)OC[C@@H](COC(=O)CCCCCCCCCCCC)OC(=O)CCCCCCCCCCCCC. The van der Waals surface area contributed by atoms with Gasteiger partial charge < -0.3 is 14.2 Å². The Morgan fingerprint density at radius 3 is 1.02 bits per heavy atom. The molecule has 0 heterocycles. The van der Waals surface area contributed by atoms with Gasteiger partial charge in [-0.05, 0) is 44.9 Å². The molecule has 0 spiro atoms. The lowest BCUT2D eigenvalue weighted by Crippen LogP contribution is -2.30. The number of rotatable bonds is 40. The third-order valence-corrected chi connectivity index (χ3v) is 9.77. The number of hydrogen-bond donors (Lipinski definition) is 0. The van der Waals surface area contributed by atoms with Gasteiger partial charge in [0.05, 0.1) is 0 Å². The average molecular weight is 721 g/mol. The van der Waals surface area contributed by atoms with Crippen LogP contribution in [0.15, 0.2) is 12.2 Å². The van der Waals surface area contributed by atoms with Crippen LogP contribution in [0.1, 0.15) is 239 Å². The summed E-state index contributed by atoms with van der Waals surface area (Å²) in [5.74, 6) is -0.874. The monoisotopic (exact) mass is 721 g/mol. The molecule has 0 unspecified atom stereocenters. The minimum absolute atomic E-state index is 0.0685. The number of carbonyl (C=O) groups excluding carboxylic acids is 3. The van der Waals surface area contributed by atoms with Gasteiger partial charge in [-0.2, -0.15) is 0 Å². The second kappa shape index (κ2) is 40.9. The topological polar surface area (TPSA) is 78.9 Å². The molecule has 0 saturated heterocycles. The van der Waals surface area contributed by atoms with Crippen molar-refractivity contribution in [2.75, 3.05) is 13.2 Å². The van der Waals surface area contributed by atoms with E-state index in [0.717, 1.165) is 64.2 Å². The van der Waals surface area contributed by atoms with E-state index in [0.29, 0.717) is 19.3 Å². The minimum atomic E-state index is -0.763. The predicted molar refractivity (Wildman–Crippen MR) is 215 cm³/mol. The van der Waals surface area contributed by atoms with E-state index in [-0.39, 0.29) is 31.1 Å². The molecule has 6 nitrogen and oxygen atoms in total. The zero-order chi connectivity index (χ0) is 37.3. The van der Waals surface area contributed by atoms with Gasteiger partial charge in [-0.1, -0.05) is 187 Å². The first-order valence-corrected chi connectivity index (χ1v) is 22.2. The van der Waals surface area contributed by atoms with Crippen LogP contribution >= 0.6 is 0 Å². The Balaban J connectivity index is 4.35. The molecule has 0 aromatic heterocycles.